The molecular weight excluding hydrogens is 288 g/mol. The number of nitrogens with one attached hydrogen (secondary N) is 1. The van der Waals surface area contributed by atoms with Gasteiger partial charge in [0.25, 0.3) is 5.69 Å². The third-order valence-corrected chi connectivity index (χ3v) is 2.94. The van der Waals surface area contributed by atoms with Crippen LogP contribution in [0.2, 0.25) is 0 Å². The number of ether oxygens (including phenoxy) is 1. The van der Waals surface area contributed by atoms with Crippen LogP contribution in [0, 0.1) is 10.1 Å². The molecule has 22 heavy (non-hydrogen) atoms. The van der Waals surface area contributed by atoms with E-state index >= 15 is 0 Å². The van der Waals surface area contributed by atoms with Crippen molar-refractivity contribution >= 4 is 17.3 Å². The van der Waals surface area contributed by atoms with Crippen molar-refractivity contribution < 1.29 is 14.5 Å². The number of aromatic nitrogens is 2. The number of esters is 1. The van der Waals surface area contributed by atoms with Crippen LogP contribution >= 0.6 is 0 Å². The van der Waals surface area contributed by atoms with E-state index in [0.29, 0.717) is 12.2 Å². The zero-order valence-electron chi connectivity index (χ0n) is 12.3. The zero-order chi connectivity index (χ0) is 16.1. The van der Waals surface area contributed by atoms with Crippen molar-refractivity contribution in [2.75, 3.05) is 11.9 Å². The number of rotatable bonds is 6. The van der Waals surface area contributed by atoms with Crippen molar-refractivity contribution in [2.24, 2.45) is 7.05 Å². The number of hydrogen-bond acceptors (Lipinski definition) is 6. The second kappa shape index (κ2) is 6.70. The van der Waals surface area contributed by atoms with E-state index in [4.69, 9.17) is 4.74 Å². The van der Waals surface area contributed by atoms with E-state index in [2.05, 4.69) is 10.4 Å². The Morgan fingerprint density at radius 3 is 2.86 bits per heavy atom. The molecule has 2 rings (SSSR count). The van der Waals surface area contributed by atoms with Gasteiger partial charge in [0.2, 0.25) is 0 Å². The lowest BCUT2D eigenvalue weighted by Crippen LogP contribution is -2.09. The third kappa shape index (κ3) is 3.60. The first-order valence-corrected chi connectivity index (χ1v) is 6.68. The lowest BCUT2D eigenvalue weighted by molar-refractivity contribution is -0.385. The maximum Gasteiger partial charge on any atom is 0.345 e. The Hall–Kier alpha value is -2.90. The summed E-state index contributed by atoms with van der Waals surface area (Å²) in [5.41, 5.74) is 1.21. The average molecular weight is 304 g/mol. The second-order valence-corrected chi connectivity index (χ2v) is 4.59. The second-order valence-electron chi connectivity index (χ2n) is 4.59. The van der Waals surface area contributed by atoms with Gasteiger partial charge in [-0.05, 0) is 19.1 Å². The Labute approximate surface area is 126 Å². The smallest absolute Gasteiger partial charge is 0.345 e. The molecule has 8 nitrogen and oxygen atoms in total. The number of nitro benzene ring substituents is 1. The molecule has 0 radical (unpaired) electrons. The summed E-state index contributed by atoms with van der Waals surface area (Å²) in [6.45, 7) is 2.30. The summed E-state index contributed by atoms with van der Waals surface area (Å²) in [4.78, 5) is 22.2. The van der Waals surface area contributed by atoms with Crippen LogP contribution in [0.1, 0.15) is 22.8 Å². The molecule has 0 saturated heterocycles. The van der Waals surface area contributed by atoms with Crippen molar-refractivity contribution in [3.63, 3.8) is 0 Å². The van der Waals surface area contributed by atoms with Crippen LogP contribution in [-0.4, -0.2) is 27.3 Å². The SMILES string of the molecule is CCOC(=O)c1cc(NCc2cnn(C)c2)ccc1[N+](=O)[O-]. The number of hydrogen-bond donors (Lipinski definition) is 1. The predicted octanol–water partition coefficient (Wildman–Crippen LogP) is 2.12. The van der Waals surface area contributed by atoms with Crippen LogP contribution in [0.15, 0.2) is 30.6 Å². The number of nitro groups is 1. The molecule has 0 atom stereocenters. The number of carbonyl (C=O) groups is 1. The molecule has 0 amide bonds. The molecule has 8 heteroatoms. The summed E-state index contributed by atoms with van der Waals surface area (Å²) in [6.07, 6.45) is 3.56. The van der Waals surface area contributed by atoms with Gasteiger partial charge in [-0.1, -0.05) is 0 Å². The van der Waals surface area contributed by atoms with Crippen LogP contribution in [0.5, 0.6) is 0 Å². The van der Waals surface area contributed by atoms with E-state index < -0.39 is 10.9 Å². The standard InChI is InChI=1S/C14H16N4O4/c1-3-22-14(19)12-6-11(4-5-13(12)18(20)21)15-7-10-8-16-17(2)9-10/h4-6,8-9,15H,3,7H2,1-2H3. The summed E-state index contributed by atoms with van der Waals surface area (Å²) in [5, 5.41) is 18.1. The van der Waals surface area contributed by atoms with Gasteiger partial charge in [-0.3, -0.25) is 14.8 Å². The summed E-state index contributed by atoms with van der Waals surface area (Å²) in [5.74, 6) is -0.709. The van der Waals surface area contributed by atoms with Gasteiger partial charge in [-0.15, -0.1) is 0 Å². The Bertz CT molecular complexity index is 696. The van der Waals surface area contributed by atoms with E-state index in [1.807, 2.05) is 13.2 Å². The minimum atomic E-state index is -0.709. The fraction of sp³-hybridized carbons (Fsp3) is 0.286. The van der Waals surface area contributed by atoms with Crippen molar-refractivity contribution in [3.05, 3.63) is 51.8 Å². The normalized spacial score (nSPS) is 10.3. The summed E-state index contributed by atoms with van der Waals surface area (Å²) >= 11 is 0. The maximum absolute atomic E-state index is 11.8. The first-order valence-electron chi connectivity index (χ1n) is 6.68. The number of carbonyl (C=O) groups excluding carboxylic acids is 1. The fourth-order valence-corrected chi connectivity index (χ4v) is 1.94. The molecule has 0 spiro atoms. The van der Waals surface area contributed by atoms with Crippen LogP contribution in [0.25, 0.3) is 0 Å². The lowest BCUT2D eigenvalue weighted by Gasteiger charge is -2.08. The molecule has 1 aromatic heterocycles. The predicted molar refractivity (Wildman–Crippen MR) is 79.6 cm³/mol. The van der Waals surface area contributed by atoms with Crippen molar-refractivity contribution in [2.45, 2.75) is 13.5 Å². The minimum Gasteiger partial charge on any atom is -0.462 e. The van der Waals surface area contributed by atoms with Crippen LogP contribution < -0.4 is 5.32 Å². The molecule has 0 aliphatic heterocycles. The van der Waals surface area contributed by atoms with Crippen molar-refractivity contribution in [1.82, 2.24) is 9.78 Å². The Morgan fingerprint density at radius 1 is 1.50 bits per heavy atom. The lowest BCUT2D eigenvalue weighted by atomic mass is 10.1. The van der Waals surface area contributed by atoms with Gasteiger partial charge in [0.15, 0.2) is 0 Å². The quantitative estimate of drug-likeness (QED) is 0.498. The topological polar surface area (TPSA) is 99.3 Å². The molecule has 1 N–H and O–H groups in total. The van der Waals surface area contributed by atoms with Gasteiger partial charge in [0.05, 0.1) is 17.7 Å². The monoisotopic (exact) mass is 304 g/mol. The third-order valence-electron chi connectivity index (χ3n) is 2.94. The molecule has 0 unspecified atom stereocenters. The van der Waals surface area contributed by atoms with Gasteiger partial charge in [0, 0.05) is 37.1 Å². The zero-order valence-corrected chi connectivity index (χ0v) is 12.3. The average Bonchev–Trinajstić information content (AvgIpc) is 2.90. The van der Waals surface area contributed by atoms with Crippen LogP contribution in [-0.2, 0) is 18.3 Å². The highest BCUT2D eigenvalue weighted by Gasteiger charge is 2.21. The summed E-state index contributed by atoms with van der Waals surface area (Å²) in [6, 6.07) is 4.27. The molecule has 0 bridgehead atoms. The first kappa shape index (κ1) is 15.5. The van der Waals surface area contributed by atoms with E-state index in [9.17, 15) is 14.9 Å². The molecule has 0 fully saturated rings. The molecule has 116 valence electrons. The van der Waals surface area contributed by atoms with Crippen molar-refractivity contribution in [3.8, 4) is 0 Å². The Kier molecular flexibility index (Phi) is 4.72. The van der Waals surface area contributed by atoms with E-state index in [0.717, 1.165) is 5.56 Å². The van der Waals surface area contributed by atoms with E-state index in [-0.39, 0.29) is 17.9 Å². The molecular formula is C14H16N4O4. The summed E-state index contributed by atoms with van der Waals surface area (Å²) in [7, 11) is 1.81. The van der Waals surface area contributed by atoms with Gasteiger partial charge in [-0.2, -0.15) is 5.10 Å². The van der Waals surface area contributed by atoms with Gasteiger partial charge in [-0.25, -0.2) is 4.79 Å². The highest BCUT2D eigenvalue weighted by atomic mass is 16.6. The number of anilines is 1. The number of aryl methyl sites for hydroxylation is 1. The number of nitrogens with zero attached hydrogens (tertiary/aromatic N) is 3. The van der Waals surface area contributed by atoms with Gasteiger partial charge in [0.1, 0.15) is 5.56 Å². The molecule has 0 aliphatic rings. The number of benzene rings is 1. The van der Waals surface area contributed by atoms with Crippen molar-refractivity contribution in [1.29, 1.82) is 0 Å². The first-order chi connectivity index (χ1) is 10.5. The Balaban J connectivity index is 2.20. The van der Waals surface area contributed by atoms with Gasteiger partial charge < -0.3 is 10.1 Å². The van der Waals surface area contributed by atoms with Gasteiger partial charge >= 0.3 is 5.97 Å². The van der Waals surface area contributed by atoms with Crippen LogP contribution in [0.4, 0.5) is 11.4 Å². The fourth-order valence-electron chi connectivity index (χ4n) is 1.94. The largest absolute Gasteiger partial charge is 0.462 e. The minimum absolute atomic E-state index is 0.0666. The summed E-state index contributed by atoms with van der Waals surface area (Å²) < 4.78 is 6.53. The molecule has 1 aromatic carbocycles. The molecule has 0 saturated carbocycles. The molecule has 2 aromatic rings. The van der Waals surface area contributed by atoms with E-state index in [1.165, 1.54) is 12.1 Å². The molecule has 0 aliphatic carbocycles. The highest BCUT2D eigenvalue weighted by molar-refractivity contribution is 5.95. The Morgan fingerprint density at radius 2 is 2.27 bits per heavy atom. The maximum atomic E-state index is 11.8. The van der Waals surface area contributed by atoms with Crippen LogP contribution in [0.3, 0.4) is 0 Å². The van der Waals surface area contributed by atoms with E-state index in [1.54, 1.807) is 23.9 Å². The molecule has 1 heterocycles. The highest BCUT2D eigenvalue weighted by Crippen LogP contribution is 2.24.